The number of halogens is 2. The summed E-state index contributed by atoms with van der Waals surface area (Å²) in [7, 11) is 0. The molecular weight excluding hydrogens is 352 g/mol. The summed E-state index contributed by atoms with van der Waals surface area (Å²) in [5.41, 5.74) is 6.33. The van der Waals surface area contributed by atoms with Crippen LogP contribution < -0.4 is 11.1 Å². The van der Waals surface area contributed by atoms with Gasteiger partial charge in [-0.15, -0.1) is 0 Å². The maximum absolute atomic E-state index is 14.0. The van der Waals surface area contributed by atoms with Crippen molar-refractivity contribution in [2.75, 3.05) is 11.1 Å². The molecular formula is C19H17F2N5O. The van der Waals surface area contributed by atoms with Crippen molar-refractivity contribution in [1.82, 2.24) is 15.0 Å². The highest BCUT2D eigenvalue weighted by molar-refractivity contribution is 5.98. The van der Waals surface area contributed by atoms with Crippen molar-refractivity contribution in [3.8, 4) is 11.3 Å². The van der Waals surface area contributed by atoms with Crippen LogP contribution in [0.15, 0.2) is 36.8 Å². The highest BCUT2D eigenvalue weighted by Crippen LogP contribution is 2.36. The number of hydrogen-bond donors (Lipinski definition) is 2. The molecule has 1 aliphatic rings. The number of carbonyl (C=O) groups is 1. The second-order valence-corrected chi connectivity index (χ2v) is 6.76. The zero-order chi connectivity index (χ0) is 19.2. The van der Waals surface area contributed by atoms with Crippen LogP contribution in [0, 0.1) is 5.92 Å². The van der Waals surface area contributed by atoms with E-state index < -0.39 is 5.92 Å². The monoisotopic (exact) mass is 369 g/mol. The molecule has 1 saturated carbocycles. The van der Waals surface area contributed by atoms with E-state index in [4.69, 9.17) is 5.73 Å². The number of nitrogens with two attached hydrogens (primary N) is 1. The number of aromatic nitrogens is 3. The number of nitrogens with one attached hydrogen (secondary N) is 1. The minimum absolute atomic E-state index is 0.0466. The van der Waals surface area contributed by atoms with Crippen molar-refractivity contribution in [1.29, 1.82) is 0 Å². The third kappa shape index (κ3) is 3.42. The summed E-state index contributed by atoms with van der Waals surface area (Å²) in [4.78, 5) is 24.3. The van der Waals surface area contributed by atoms with Crippen molar-refractivity contribution < 1.29 is 13.6 Å². The lowest BCUT2D eigenvalue weighted by Crippen LogP contribution is -2.14. The fraction of sp³-hybridized carbons (Fsp3) is 0.263. The van der Waals surface area contributed by atoms with Gasteiger partial charge >= 0.3 is 0 Å². The molecule has 0 spiro atoms. The van der Waals surface area contributed by atoms with Gasteiger partial charge in [-0.3, -0.25) is 9.78 Å². The van der Waals surface area contributed by atoms with Crippen LogP contribution in [0.5, 0.6) is 0 Å². The van der Waals surface area contributed by atoms with Gasteiger partial charge in [-0.1, -0.05) is 0 Å². The van der Waals surface area contributed by atoms with Crippen LogP contribution in [-0.2, 0) is 10.7 Å². The van der Waals surface area contributed by atoms with Crippen LogP contribution in [-0.4, -0.2) is 20.9 Å². The van der Waals surface area contributed by atoms with Crippen LogP contribution in [0.4, 0.5) is 20.4 Å². The fourth-order valence-corrected chi connectivity index (χ4v) is 2.94. The molecule has 8 heteroatoms. The largest absolute Gasteiger partial charge is 0.383 e. The first-order chi connectivity index (χ1) is 12.8. The Morgan fingerprint density at radius 1 is 1.30 bits per heavy atom. The number of anilines is 2. The Hall–Kier alpha value is -3.16. The minimum Gasteiger partial charge on any atom is -0.383 e. The van der Waals surface area contributed by atoms with E-state index in [0.29, 0.717) is 16.6 Å². The topological polar surface area (TPSA) is 93.8 Å². The van der Waals surface area contributed by atoms with Crippen LogP contribution in [0.1, 0.15) is 25.3 Å². The SMILES string of the molecule is CC(F)(F)c1ccncc1-c1cc2cc(NC(=O)C3CC3)ncc2c(N)n1. The second-order valence-electron chi connectivity index (χ2n) is 6.76. The molecule has 4 rings (SSSR count). The Balaban J connectivity index is 1.80. The standard InChI is InChI=1S/C19H17F2N5O/c1-19(20,21)14-4-5-23-8-13(14)15-6-11-7-16(26-18(27)10-2-3-10)24-9-12(11)17(22)25-15/h4-10H,2-3H2,1H3,(H2,22,25)(H,24,26,27). The van der Waals surface area contributed by atoms with E-state index in [1.165, 1.54) is 24.7 Å². The number of hydrogen-bond acceptors (Lipinski definition) is 5. The van der Waals surface area contributed by atoms with Gasteiger partial charge < -0.3 is 11.1 Å². The van der Waals surface area contributed by atoms with E-state index in [0.717, 1.165) is 19.8 Å². The Bertz CT molecular complexity index is 1040. The Morgan fingerprint density at radius 2 is 2.07 bits per heavy atom. The Labute approximate surface area is 153 Å². The molecule has 3 aromatic heterocycles. The van der Waals surface area contributed by atoms with Gasteiger partial charge in [0.1, 0.15) is 11.6 Å². The van der Waals surface area contributed by atoms with Gasteiger partial charge in [0, 0.05) is 47.9 Å². The number of rotatable bonds is 4. The van der Waals surface area contributed by atoms with Gasteiger partial charge in [-0.2, -0.15) is 0 Å². The molecule has 1 fully saturated rings. The lowest BCUT2D eigenvalue weighted by molar-refractivity contribution is -0.117. The zero-order valence-corrected chi connectivity index (χ0v) is 14.5. The lowest BCUT2D eigenvalue weighted by atomic mass is 10.0. The maximum Gasteiger partial charge on any atom is 0.271 e. The van der Waals surface area contributed by atoms with Crippen molar-refractivity contribution in [3.05, 3.63) is 42.4 Å². The summed E-state index contributed by atoms with van der Waals surface area (Å²) < 4.78 is 27.9. The molecule has 3 aromatic rings. The first kappa shape index (κ1) is 17.3. The first-order valence-electron chi connectivity index (χ1n) is 8.53. The molecule has 3 N–H and O–H groups in total. The summed E-state index contributed by atoms with van der Waals surface area (Å²) in [6, 6.07) is 4.58. The maximum atomic E-state index is 14.0. The molecule has 0 radical (unpaired) electrons. The fourth-order valence-electron chi connectivity index (χ4n) is 2.94. The minimum atomic E-state index is -3.05. The second kappa shape index (κ2) is 6.22. The van der Waals surface area contributed by atoms with E-state index in [1.807, 2.05) is 0 Å². The predicted octanol–water partition coefficient (Wildman–Crippen LogP) is 3.73. The molecule has 0 atom stereocenters. The van der Waals surface area contributed by atoms with Crippen LogP contribution >= 0.6 is 0 Å². The predicted molar refractivity (Wildman–Crippen MR) is 98.1 cm³/mol. The number of fused-ring (bicyclic) bond motifs is 1. The van der Waals surface area contributed by atoms with E-state index in [-0.39, 0.29) is 34.5 Å². The van der Waals surface area contributed by atoms with Crippen molar-refractivity contribution >= 4 is 28.3 Å². The van der Waals surface area contributed by atoms with Crippen LogP contribution in [0.25, 0.3) is 22.0 Å². The average molecular weight is 369 g/mol. The lowest BCUT2D eigenvalue weighted by Gasteiger charge is -2.15. The molecule has 1 amide bonds. The normalized spacial score (nSPS) is 14.3. The summed E-state index contributed by atoms with van der Waals surface area (Å²) in [5, 5.41) is 3.99. The van der Waals surface area contributed by atoms with E-state index in [1.54, 1.807) is 12.1 Å². The summed E-state index contributed by atoms with van der Waals surface area (Å²) in [6.45, 7) is 0.825. The summed E-state index contributed by atoms with van der Waals surface area (Å²) >= 11 is 0. The molecule has 0 unspecified atom stereocenters. The zero-order valence-electron chi connectivity index (χ0n) is 14.5. The van der Waals surface area contributed by atoms with Crippen molar-refractivity contribution in [3.63, 3.8) is 0 Å². The number of amides is 1. The quantitative estimate of drug-likeness (QED) is 0.731. The molecule has 0 saturated heterocycles. The van der Waals surface area contributed by atoms with Gasteiger partial charge in [-0.25, -0.2) is 18.7 Å². The van der Waals surface area contributed by atoms with Gasteiger partial charge in [0.2, 0.25) is 5.91 Å². The Kier molecular flexibility index (Phi) is 3.98. The highest BCUT2D eigenvalue weighted by atomic mass is 19.3. The average Bonchev–Trinajstić information content (AvgIpc) is 3.46. The summed E-state index contributed by atoms with van der Waals surface area (Å²) in [6.07, 6.45) is 5.95. The first-order valence-corrected chi connectivity index (χ1v) is 8.53. The van der Waals surface area contributed by atoms with E-state index >= 15 is 0 Å². The van der Waals surface area contributed by atoms with Crippen LogP contribution in [0.3, 0.4) is 0 Å². The van der Waals surface area contributed by atoms with Crippen LogP contribution in [0.2, 0.25) is 0 Å². The van der Waals surface area contributed by atoms with Crippen molar-refractivity contribution in [2.24, 2.45) is 5.92 Å². The number of nitrogen functional groups attached to an aromatic ring is 1. The molecule has 6 nitrogen and oxygen atoms in total. The number of pyridine rings is 3. The third-order valence-electron chi connectivity index (χ3n) is 4.51. The number of nitrogens with zero attached hydrogens (tertiary/aromatic N) is 3. The van der Waals surface area contributed by atoms with E-state index in [2.05, 4.69) is 20.3 Å². The number of carbonyl (C=O) groups excluding carboxylic acids is 1. The molecule has 0 aliphatic heterocycles. The number of alkyl halides is 2. The smallest absolute Gasteiger partial charge is 0.271 e. The van der Waals surface area contributed by atoms with E-state index in [9.17, 15) is 13.6 Å². The summed E-state index contributed by atoms with van der Waals surface area (Å²) in [5.74, 6) is -2.51. The molecule has 3 heterocycles. The van der Waals surface area contributed by atoms with Gasteiger partial charge in [0.05, 0.1) is 5.69 Å². The van der Waals surface area contributed by atoms with Gasteiger partial charge in [0.15, 0.2) is 0 Å². The Morgan fingerprint density at radius 3 is 2.78 bits per heavy atom. The van der Waals surface area contributed by atoms with Crippen molar-refractivity contribution in [2.45, 2.75) is 25.7 Å². The molecule has 1 aliphatic carbocycles. The molecule has 0 aromatic carbocycles. The molecule has 27 heavy (non-hydrogen) atoms. The molecule has 138 valence electrons. The third-order valence-corrected chi connectivity index (χ3v) is 4.51. The van der Waals surface area contributed by atoms with Gasteiger partial charge in [-0.05, 0) is 36.4 Å². The van der Waals surface area contributed by atoms with Gasteiger partial charge in [0.25, 0.3) is 5.92 Å². The highest BCUT2D eigenvalue weighted by Gasteiger charge is 2.30. The molecule has 0 bridgehead atoms.